The fourth-order valence-electron chi connectivity index (χ4n) is 4.07. The lowest BCUT2D eigenvalue weighted by Gasteiger charge is -2.31. The summed E-state index contributed by atoms with van der Waals surface area (Å²) in [6.45, 7) is 3.17. The fraction of sp³-hybridized carbons (Fsp3) is 0.444. The number of Topliss-reactive ketones (excluding diaryl/α,β-unsaturated/α-hetero) is 1. The Labute approximate surface area is 212 Å². The molecule has 0 spiro atoms. The zero-order chi connectivity index (χ0) is 25.6. The number of amides is 1. The molecule has 1 heterocycles. The second-order valence-electron chi connectivity index (χ2n) is 8.75. The molecule has 0 aromatic heterocycles. The Kier molecular flexibility index (Phi) is 11.2. The van der Waals surface area contributed by atoms with Crippen LogP contribution in [0.5, 0.6) is 0 Å². The van der Waals surface area contributed by atoms with Crippen molar-refractivity contribution >= 4 is 23.5 Å². The van der Waals surface area contributed by atoms with Gasteiger partial charge in [-0.1, -0.05) is 48.5 Å². The first kappa shape index (κ1) is 27.2. The van der Waals surface area contributed by atoms with E-state index in [9.17, 15) is 14.4 Å². The Hall–Kier alpha value is -3.43. The number of carbonyl (C=O) groups excluding carboxylic acids is 3. The summed E-state index contributed by atoms with van der Waals surface area (Å²) in [6, 6.07) is 17.7. The molecule has 1 amide bonds. The van der Waals surface area contributed by atoms with Crippen molar-refractivity contribution in [1.29, 1.82) is 0 Å². The van der Waals surface area contributed by atoms with Crippen LogP contribution in [0.15, 0.2) is 54.6 Å². The third kappa shape index (κ3) is 9.31. The van der Waals surface area contributed by atoms with Gasteiger partial charge in [-0.25, -0.2) is 10.2 Å². The summed E-state index contributed by atoms with van der Waals surface area (Å²) >= 11 is 0. The molecule has 1 aliphatic heterocycles. The monoisotopic (exact) mass is 496 g/mol. The van der Waals surface area contributed by atoms with E-state index in [1.807, 2.05) is 54.6 Å². The zero-order valence-electron chi connectivity index (χ0n) is 20.8. The molecule has 9 nitrogen and oxygen atoms in total. The number of benzene rings is 2. The molecule has 0 radical (unpaired) electrons. The molecule has 0 unspecified atom stereocenters. The second-order valence-corrected chi connectivity index (χ2v) is 8.75. The van der Waals surface area contributed by atoms with Crippen molar-refractivity contribution in [3.63, 3.8) is 0 Å². The van der Waals surface area contributed by atoms with Crippen LogP contribution in [0, 0.1) is 0 Å². The number of hydrogen-bond donors (Lipinski definition) is 3. The van der Waals surface area contributed by atoms with Crippen molar-refractivity contribution in [2.45, 2.75) is 38.2 Å². The summed E-state index contributed by atoms with van der Waals surface area (Å²) in [4.78, 5) is 37.7. The Morgan fingerprint density at radius 1 is 0.972 bits per heavy atom. The minimum Gasteiger partial charge on any atom is -0.469 e. The molecule has 0 bridgehead atoms. The van der Waals surface area contributed by atoms with Gasteiger partial charge in [-0.15, -0.1) is 0 Å². The highest BCUT2D eigenvalue weighted by atomic mass is 16.6. The van der Waals surface area contributed by atoms with Gasteiger partial charge in [-0.05, 0) is 37.4 Å². The first-order valence-electron chi connectivity index (χ1n) is 12.4. The molecular weight excluding hydrogens is 460 g/mol. The summed E-state index contributed by atoms with van der Waals surface area (Å²) in [5.41, 5.74) is 8.44. The third-order valence-corrected chi connectivity index (χ3v) is 6.11. The average Bonchev–Trinajstić information content (AvgIpc) is 2.92. The molecule has 1 fully saturated rings. The number of nitrogens with one attached hydrogen (secondary N) is 3. The molecule has 36 heavy (non-hydrogen) atoms. The van der Waals surface area contributed by atoms with Gasteiger partial charge in [-0.3, -0.25) is 15.0 Å². The van der Waals surface area contributed by atoms with Gasteiger partial charge in [-0.2, -0.15) is 0 Å². The van der Waals surface area contributed by atoms with Crippen LogP contribution in [0.4, 0.5) is 10.5 Å². The van der Waals surface area contributed by atoms with Gasteiger partial charge in [0.05, 0.1) is 19.3 Å². The summed E-state index contributed by atoms with van der Waals surface area (Å²) < 4.78 is 10.2. The summed E-state index contributed by atoms with van der Waals surface area (Å²) in [5.74, 6) is -0.0923. The number of ether oxygens (including phenoxy) is 2. The molecule has 1 aliphatic rings. The SMILES string of the molecule is COC(=O)CCCNCC(=O)CCN1CCC(OC(=O)NNc2ccccc2-c2ccccc2)CC1. The maximum absolute atomic E-state index is 12.3. The van der Waals surface area contributed by atoms with Crippen LogP contribution >= 0.6 is 0 Å². The van der Waals surface area contributed by atoms with Gasteiger partial charge in [0.1, 0.15) is 11.9 Å². The van der Waals surface area contributed by atoms with Gasteiger partial charge in [0, 0.05) is 38.0 Å². The average molecular weight is 497 g/mol. The Bertz CT molecular complexity index is 977. The molecule has 2 aromatic carbocycles. The predicted octanol–water partition coefficient (Wildman–Crippen LogP) is 3.37. The maximum Gasteiger partial charge on any atom is 0.426 e. The van der Waals surface area contributed by atoms with E-state index in [-0.39, 0.29) is 17.9 Å². The van der Waals surface area contributed by atoms with Gasteiger partial charge < -0.3 is 19.7 Å². The Morgan fingerprint density at radius 2 is 1.69 bits per heavy atom. The van der Waals surface area contributed by atoms with Crippen molar-refractivity contribution < 1.29 is 23.9 Å². The number of rotatable bonds is 13. The van der Waals surface area contributed by atoms with Crippen LogP contribution in [0.25, 0.3) is 11.1 Å². The number of hydrogen-bond acceptors (Lipinski definition) is 8. The molecular formula is C27H36N4O5. The normalized spacial score (nSPS) is 14.1. The van der Waals surface area contributed by atoms with Gasteiger partial charge >= 0.3 is 12.1 Å². The number of para-hydroxylation sites is 1. The number of methoxy groups -OCH3 is 1. The number of anilines is 1. The summed E-state index contributed by atoms with van der Waals surface area (Å²) in [5, 5.41) is 3.07. The van der Waals surface area contributed by atoms with E-state index in [0.717, 1.165) is 42.7 Å². The smallest absolute Gasteiger partial charge is 0.426 e. The minimum atomic E-state index is -0.509. The van der Waals surface area contributed by atoms with E-state index in [4.69, 9.17) is 4.74 Å². The quantitative estimate of drug-likeness (QED) is 0.220. The number of esters is 1. The molecule has 3 N–H and O–H groups in total. The van der Waals surface area contributed by atoms with E-state index in [1.54, 1.807) is 0 Å². The number of likely N-dealkylation sites (tertiary alicyclic amines) is 1. The minimum absolute atomic E-state index is 0.146. The van der Waals surface area contributed by atoms with Crippen molar-refractivity contribution in [1.82, 2.24) is 15.6 Å². The topological polar surface area (TPSA) is 109 Å². The molecule has 2 aromatic rings. The van der Waals surface area contributed by atoms with Gasteiger partial charge in [0.2, 0.25) is 0 Å². The first-order valence-corrected chi connectivity index (χ1v) is 12.4. The Balaban J connectivity index is 1.29. The van der Waals surface area contributed by atoms with Crippen molar-refractivity contribution in [3.8, 4) is 11.1 Å². The zero-order valence-corrected chi connectivity index (χ0v) is 20.8. The molecule has 0 saturated carbocycles. The highest BCUT2D eigenvalue weighted by Gasteiger charge is 2.22. The highest BCUT2D eigenvalue weighted by Crippen LogP contribution is 2.27. The van der Waals surface area contributed by atoms with Crippen molar-refractivity contribution in [3.05, 3.63) is 54.6 Å². The molecule has 0 atom stereocenters. The number of hydrazine groups is 1. The molecule has 9 heteroatoms. The van der Waals surface area contributed by atoms with Crippen LogP contribution < -0.4 is 16.2 Å². The molecule has 3 rings (SSSR count). The van der Waals surface area contributed by atoms with E-state index >= 15 is 0 Å². The van der Waals surface area contributed by atoms with Crippen LogP contribution in [0.1, 0.15) is 32.1 Å². The largest absolute Gasteiger partial charge is 0.469 e. The maximum atomic E-state index is 12.3. The van der Waals surface area contributed by atoms with Crippen molar-refractivity contribution in [2.75, 3.05) is 45.3 Å². The van der Waals surface area contributed by atoms with E-state index in [0.29, 0.717) is 38.9 Å². The van der Waals surface area contributed by atoms with Crippen LogP contribution in [0.2, 0.25) is 0 Å². The van der Waals surface area contributed by atoms with Gasteiger partial charge in [0.25, 0.3) is 0 Å². The fourth-order valence-corrected chi connectivity index (χ4v) is 4.07. The molecule has 1 saturated heterocycles. The summed E-state index contributed by atoms with van der Waals surface area (Å²) in [6.07, 6.45) is 2.27. The Morgan fingerprint density at radius 3 is 2.44 bits per heavy atom. The number of ketones is 1. The lowest BCUT2D eigenvalue weighted by molar-refractivity contribution is -0.140. The van der Waals surface area contributed by atoms with Crippen molar-refractivity contribution in [2.24, 2.45) is 0 Å². The first-order chi connectivity index (χ1) is 17.5. The standard InChI is InChI=1S/C27H36N4O5/c1-35-26(33)12-7-16-28-20-22(32)13-17-31-18-14-23(15-19-31)36-27(34)30-29-25-11-6-5-10-24(25)21-8-3-2-4-9-21/h2-6,8-11,23,28-29H,7,12-20H2,1H3,(H,30,34). The van der Waals surface area contributed by atoms with Gasteiger partial charge in [0.15, 0.2) is 0 Å². The lowest BCUT2D eigenvalue weighted by Crippen LogP contribution is -2.41. The number of carbonyl (C=O) groups is 3. The second kappa shape index (κ2) is 14.9. The summed E-state index contributed by atoms with van der Waals surface area (Å²) in [7, 11) is 1.37. The third-order valence-electron chi connectivity index (χ3n) is 6.11. The lowest BCUT2D eigenvalue weighted by atomic mass is 10.0. The molecule has 194 valence electrons. The predicted molar refractivity (Wildman–Crippen MR) is 138 cm³/mol. The highest BCUT2D eigenvalue weighted by molar-refractivity contribution is 5.81. The van der Waals surface area contributed by atoms with E-state index in [1.165, 1.54) is 7.11 Å². The van der Waals surface area contributed by atoms with Crippen LogP contribution in [0.3, 0.4) is 0 Å². The molecule has 0 aliphatic carbocycles. The van der Waals surface area contributed by atoms with E-state index < -0.39 is 6.09 Å². The van der Waals surface area contributed by atoms with E-state index in [2.05, 4.69) is 25.8 Å². The van der Waals surface area contributed by atoms with Crippen LogP contribution in [-0.2, 0) is 19.1 Å². The van der Waals surface area contributed by atoms with Crippen LogP contribution in [-0.4, -0.2) is 68.7 Å². The number of nitrogens with zero attached hydrogens (tertiary/aromatic N) is 1. The number of piperidine rings is 1.